The zero-order chi connectivity index (χ0) is 14.9. The van der Waals surface area contributed by atoms with Gasteiger partial charge in [0.05, 0.1) is 0 Å². The first-order chi connectivity index (χ1) is 10.3. The molecule has 2 N–H and O–H groups in total. The highest BCUT2D eigenvalue weighted by atomic mass is 35.5. The number of aryl methyl sites for hydroxylation is 1. The number of nitrogens with one attached hydrogen (secondary N) is 2. The Balaban J connectivity index is 0.00000242. The molecule has 0 atom stereocenters. The summed E-state index contributed by atoms with van der Waals surface area (Å²) in [7, 11) is 0. The van der Waals surface area contributed by atoms with Crippen molar-refractivity contribution in [2.75, 3.05) is 11.9 Å². The average molecular weight is 339 g/mol. The molecule has 1 heterocycles. The number of carbonyl (C=O) groups excluding carboxylic acids is 1. The molecule has 0 radical (unpaired) electrons. The van der Waals surface area contributed by atoms with E-state index in [1.165, 1.54) is 4.88 Å². The van der Waals surface area contributed by atoms with Crippen molar-refractivity contribution in [2.45, 2.75) is 32.7 Å². The molecule has 0 spiro atoms. The highest BCUT2D eigenvalue weighted by molar-refractivity contribution is 7.09. The number of halogens is 1. The van der Waals surface area contributed by atoms with Gasteiger partial charge < -0.3 is 10.6 Å². The van der Waals surface area contributed by atoms with Crippen molar-refractivity contribution in [1.82, 2.24) is 5.32 Å². The summed E-state index contributed by atoms with van der Waals surface area (Å²) >= 11 is 1.75. The largest absolute Gasteiger partial charge is 0.326 e. The van der Waals surface area contributed by atoms with E-state index in [0.717, 1.165) is 37.2 Å². The maximum absolute atomic E-state index is 12.0. The lowest BCUT2D eigenvalue weighted by atomic mass is 10.1. The summed E-state index contributed by atoms with van der Waals surface area (Å²) in [5, 5.41) is 8.39. The molecule has 0 bridgehead atoms. The summed E-state index contributed by atoms with van der Waals surface area (Å²) in [5.41, 5.74) is 2.05. The molecule has 1 amide bonds. The summed E-state index contributed by atoms with van der Waals surface area (Å²) < 4.78 is 0. The van der Waals surface area contributed by atoms with Crippen LogP contribution in [0.5, 0.6) is 0 Å². The molecule has 0 saturated carbocycles. The molecule has 0 aliphatic carbocycles. The number of para-hydroxylation sites is 1. The Labute approximate surface area is 142 Å². The minimum absolute atomic E-state index is 0. The highest BCUT2D eigenvalue weighted by Gasteiger charge is 2.06. The maximum Gasteiger partial charge on any atom is 0.224 e. The molecule has 0 saturated heterocycles. The Hall–Kier alpha value is -1.36. The number of anilines is 1. The number of hydrogen-bond acceptors (Lipinski definition) is 3. The quantitative estimate of drug-likeness (QED) is 0.755. The molecule has 1 aromatic carbocycles. The van der Waals surface area contributed by atoms with E-state index in [-0.39, 0.29) is 18.3 Å². The normalized spacial score (nSPS) is 10.0. The fraction of sp³-hybridized carbons (Fsp3) is 0.353. The van der Waals surface area contributed by atoms with Gasteiger partial charge in [0.1, 0.15) is 0 Å². The van der Waals surface area contributed by atoms with Gasteiger partial charge in [0.15, 0.2) is 0 Å². The Morgan fingerprint density at radius 2 is 2.00 bits per heavy atom. The molecule has 2 rings (SSSR count). The van der Waals surface area contributed by atoms with Crippen LogP contribution in [0.15, 0.2) is 41.8 Å². The van der Waals surface area contributed by atoms with Gasteiger partial charge in [-0.3, -0.25) is 4.79 Å². The molecule has 0 fully saturated rings. The van der Waals surface area contributed by atoms with Crippen LogP contribution in [0.4, 0.5) is 5.69 Å². The number of hydrogen-bond donors (Lipinski definition) is 2. The topological polar surface area (TPSA) is 41.1 Å². The first kappa shape index (κ1) is 18.7. The summed E-state index contributed by atoms with van der Waals surface area (Å²) in [5.74, 6) is 0.0931. The van der Waals surface area contributed by atoms with Gasteiger partial charge in [-0.15, -0.1) is 23.7 Å². The first-order valence-corrected chi connectivity index (χ1v) is 8.28. The van der Waals surface area contributed by atoms with Crippen LogP contribution in [0.2, 0.25) is 0 Å². The molecule has 1 aromatic heterocycles. The molecule has 120 valence electrons. The third-order valence-electron chi connectivity index (χ3n) is 3.26. The van der Waals surface area contributed by atoms with E-state index in [2.05, 4.69) is 35.1 Å². The van der Waals surface area contributed by atoms with Crippen molar-refractivity contribution in [1.29, 1.82) is 0 Å². The van der Waals surface area contributed by atoms with E-state index >= 15 is 0 Å². The summed E-state index contributed by atoms with van der Waals surface area (Å²) in [4.78, 5) is 13.4. The van der Waals surface area contributed by atoms with Gasteiger partial charge >= 0.3 is 0 Å². The predicted octanol–water partition coefficient (Wildman–Crippen LogP) is 4.24. The van der Waals surface area contributed by atoms with E-state index in [1.807, 2.05) is 24.3 Å². The molecule has 3 nitrogen and oxygen atoms in total. The third-order valence-corrected chi connectivity index (χ3v) is 4.20. The molecular formula is C17H23ClN2OS. The molecule has 0 unspecified atom stereocenters. The van der Waals surface area contributed by atoms with Crippen LogP contribution in [0, 0.1) is 0 Å². The summed E-state index contributed by atoms with van der Waals surface area (Å²) in [6.45, 7) is 3.77. The van der Waals surface area contributed by atoms with Crippen LogP contribution in [0.1, 0.15) is 30.2 Å². The summed E-state index contributed by atoms with van der Waals surface area (Å²) in [6.07, 6.45) is 2.43. The second kappa shape index (κ2) is 10.4. The Kier molecular flexibility index (Phi) is 8.82. The number of carbonyl (C=O) groups is 1. The van der Waals surface area contributed by atoms with Crippen LogP contribution in [-0.2, 0) is 17.8 Å². The molecule has 5 heteroatoms. The Morgan fingerprint density at radius 1 is 1.18 bits per heavy atom. The van der Waals surface area contributed by atoms with Crippen molar-refractivity contribution < 1.29 is 4.79 Å². The Morgan fingerprint density at radius 3 is 2.73 bits per heavy atom. The number of benzene rings is 1. The Bertz CT molecular complexity index is 558. The van der Waals surface area contributed by atoms with Crippen LogP contribution < -0.4 is 10.6 Å². The number of thiophene rings is 1. The lowest BCUT2D eigenvalue weighted by Gasteiger charge is -2.11. The third kappa shape index (κ3) is 6.18. The zero-order valence-corrected chi connectivity index (χ0v) is 14.4. The van der Waals surface area contributed by atoms with E-state index in [0.29, 0.717) is 6.42 Å². The van der Waals surface area contributed by atoms with Gasteiger partial charge in [-0.25, -0.2) is 0 Å². The van der Waals surface area contributed by atoms with E-state index in [4.69, 9.17) is 0 Å². The van der Waals surface area contributed by atoms with Crippen LogP contribution in [0.3, 0.4) is 0 Å². The number of rotatable bonds is 8. The van der Waals surface area contributed by atoms with Gasteiger partial charge in [0.25, 0.3) is 0 Å². The minimum Gasteiger partial charge on any atom is -0.326 e. The molecule has 2 aromatic rings. The van der Waals surface area contributed by atoms with E-state index in [9.17, 15) is 4.79 Å². The van der Waals surface area contributed by atoms with Crippen molar-refractivity contribution in [3.63, 3.8) is 0 Å². The van der Waals surface area contributed by atoms with Gasteiger partial charge in [-0.05, 0) is 42.5 Å². The minimum atomic E-state index is 0. The molecule has 0 aliphatic rings. The van der Waals surface area contributed by atoms with Gasteiger partial charge in [-0.1, -0.05) is 31.2 Å². The van der Waals surface area contributed by atoms with Crippen molar-refractivity contribution in [2.24, 2.45) is 0 Å². The van der Waals surface area contributed by atoms with Gasteiger partial charge in [0.2, 0.25) is 5.91 Å². The van der Waals surface area contributed by atoms with Crippen LogP contribution >= 0.6 is 23.7 Å². The zero-order valence-electron chi connectivity index (χ0n) is 12.8. The fourth-order valence-electron chi connectivity index (χ4n) is 2.15. The van der Waals surface area contributed by atoms with Crippen LogP contribution in [0.25, 0.3) is 0 Å². The van der Waals surface area contributed by atoms with E-state index < -0.39 is 0 Å². The maximum atomic E-state index is 12.0. The van der Waals surface area contributed by atoms with Crippen molar-refractivity contribution in [3.05, 3.63) is 52.2 Å². The second-order valence-electron chi connectivity index (χ2n) is 4.92. The van der Waals surface area contributed by atoms with Gasteiger partial charge in [0, 0.05) is 23.5 Å². The highest BCUT2D eigenvalue weighted by Crippen LogP contribution is 2.16. The average Bonchev–Trinajstić information content (AvgIpc) is 2.99. The molecule has 22 heavy (non-hydrogen) atoms. The smallest absolute Gasteiger partial charge is 0.224 e. The first-order valence-electron chi connectivity index (χ1n) is 7.40. The monoisotopic (exact) mass is 338 g/mol. The van der Waals surface area contributed by atoms with Crippen molar-refractivity contribution >= 4 is 35.3 Å². The second-order valence-corrected chi connectivity index (χ2v) is 5.95. The molecular weight excluding hydrogens is 316 g/mol. The van der Waals surface area contributed by atoms with Crippen molar-refractivity contribution in [3.8, 4) is 0 Å². The lowest BCUT2D eigenvalue weighted by molar-refractivity contribution is -0.116. The lowest BCUT2D eigenvalue weighted by Crippen LogP contribution is -2.16. The summed E-state index contributed by atoms with van der Waals surface area (Å²) in [6, 6.07) is 12.1. The van der Waals surface area contributed by atoms with Gasteiger partial charge in [-0.2, -0.15) is 0 Å². The standard InChI is InChI=1S/C17H22N2OS.ClH/c1-2-18-13-14-7-3-4-10-16(14)19-17(20)11-5-8-15-9-6-12-21-15;/h3-4,6-7,9-10,12,18H,2,5,8,11,13H2,1H3,(H,19,20);1H. The predicted molar refractivity (Wildman–Crippen MR) is 97.0 cm³/mol. The van der Waals surface area contributed by atoms with E-state index in [1.54, 1.807) is 11.3 Å². The van der Waals surface area contributed by atoms with Crippen LogP contribution in [-0.4, -0.2) is 12.5 Å². The molecule has 0 aliphatic heterocycles. The fourth-order valence-corrected chi connectivity index (χ4v) is 2.90. The number of amides is 1. The SMILES string of the molecule is CCNCc1ccccc1NC(=O)CCCc1cccs1.Cl.